The van der Waals surface area contributed by atoms with Crippen LogP contribution in [0.25, 0.3) is 0 Å². The van der Waals surface area contributed by atoms with Crippen LogP contribution in [0.5, 0.6) is 5.75 Å². The lowest BCUT2D eigenvalue weighted by Gasteiger charge is -2.04. The van der Waals surface area contributed by atoms with Gasteiger partial charge in [-0.15, -0.1) is 0 Å². The molecule has 1 rings (SSSR count). The zero-order chi connectivity index (χ0) is 10.7. The van der Waals surface area contributed by atoms with Gasteiger partial charge < -0.3 is 10.2 Å². The molecular formula is C9H8F2O3. The predicted octanol–water partition coefficient (Wildman–Crippen LogP) is 1.69. The second kappa shape index (κ2) is 4.04. The topological polar surface area (TPSA) is 57.5 Å². The molecule has 0 unspecified atom stereocenters. The van der Waals surface area contributed by atoms with Crippen molar-refractivity contribution in [3.05, 3.63) is 29.3 Å². The van der Waals surface area contributed by atoms with Crippen molar-refractivity contribution in [1.82, 2.24) is 0 Å². The zero-order valence-corrected chi connectivity index (χ0v) is 7.13. The molecule has 0 fully saturated rings. The van der Waals surface area contributed by atoms with E-state index >= 15 is 0 Å². The summed E-state index contributed by atoms with van der Waals surface area (Å²) in [5.41, 5.74) is -0.172. The first-order valence-corrected chi connectivity index (χ1v) is 3.89. The fourth-order valence-electron chi connectivity index (χ4n) is 1.07. The molecule has 76 valence electrons. The van der Waals surface area contributed by atoms with Crippen molar-refractivity contribution >= 4 is 5.97 Å². The third kappa shape index (κ3) is 2.42. The number of phenolic OH excluding ortho intramolecular Hbond substituents is 1. The number of hydrogen-bond acceptors (Lipinski definition) is 2. The largest absolute Gasteiger partial charge is 0.507 e. The van der Waals surface area contributed by atoms with E-state index in [1.165, 1.54) is 0 Å². The molecule has 0 amide bonds. The van der Waals surface area contributed by atoms with Gasteiger partial charge in [0, 0.05) is 24.1 Å². The predicted molar refractivity (Wildman–Crippen MR) is 44.0 cm³/mol. The molecule has 3 nitrogen and oxygen atoms in total. The number of halogens is 2. The monoisotopic (exact) mass is 202 g/mol. The Hall–Kier alpha value is -1.65. The van der Waals surface area contributed by atoms with Gasteiger partial charge in [-0.25, -0.2) is 8.78 Å². The summed E-state index contributed by atoms with van der Waals surface area (Å²) < 4.78 is 25.5. The van der Waals surface area contributed by atoms with Crippen LogP contribution in [0.1, 0.15) is 12.0 Å². The standard InChI is InChI=1S/C9H8F2O3/c10-5-3-7(11)6(8(12)4-5)1-2-9(13)14/h3-4,12H,1-2H2,(H,13,14). The average molecular weight is 202 g/mol. The van der Waals surface area contributed by atoms with Crippen LogP contribution in [0.3, 0.4) is 0 Å². The van der Waals surface area contributed by atoms with Crippen LogP contribution in [0.15, 0.2) is 12.1 Å². The van der Waals surface area contributed by atoms with Gasteiger partial charge in [0.25, 0.3) is 0 Å². The van der Waals surface area contributed by atoms with Crippen LogP contribution in [-0.2, 0) is 11.2 Å². The van der Waals surface area contributed by atoms with Gasteiger partial charge in [-0.1, -0.05) is 0 Å². The number of rotatable bonds is 3. The summed E-state index contributed by atoms with van der Waals surface area (Å²) in [6.07, 6.45) is -0.469. The summed E-state index contributed by atoms with van der Waals surface area (Å²) in [6.45, 7) is 0. The Balaban J connectivity index is 2.91. The maximum absolute atomic E-state index is 13.0. The van der Waals surface area contributed by atoms with E-state index in [1.807, 2.05) is 0 Å². The lowest BCUT2D eigenvalue weighted by Crippen LogP contribution is -2.00. The van der Waals surface area contributed by atoms with E-state index in [0.717, 1.165) is 6.07 Å². The van der Waals surface area contributed by atoms with Crippen LogP contribution in [0.4, 0.5) is 8.78 Å². The molecule has 2 N–H and O–H groups in total. The quantitative estimate of drug-likeness (QED) is 0.784. The van der Waals surface area contributed by atoms with Crippen LogP contribution in [-0.4, -0.2) is 16.2 Å². The molecule has 0 spiro atoms. The molecule has 0 bridgehead atoms. The summed E-state index contributed by atoms with van der Waals surface area (Å²) in [7, 11) is 0. The molecule has 0 aliphatic heterocycles. The zero-order valence-electron chi connectivity index (χ0n) is 7.13. The van der Waals surface area contributed by atoms with Gasteiger partial charge in [0.05, 0.1) is 0 Å². The van der Waals surface area contributed by atoms with Crippen molar-refractivity contribution in [1.29, 1.82) is 0 Å². The summed E-state index contributed by atoms with van der Waals surface area (Å²) >= 11 is 0. The first-order chi connectivity index (χ1) is 6.50. The Kier molecular flexibility index (Phi) is 3.01. The highest BCUT2D eigenvalue weighted by atomic mass is 19.1. The molecule has 0 aromatic heterocycles. The maximum Gasteiger partial charge on any atom is 0.303 e. The Morgan fingerprint density at radius 3 is 2.50 bits per heavy atom. The van der Waals surface area contributed by atoms with Crippen LogP contribution >= 0.6 is 0 Å². The van der Waals surface area contributed by atoms with E-state index in [-0.39, 0.29) is 18.4 Å². The number of carboxylic acid groups (broad SMARTS) is 1. The highest BCUT2D eigenvalue weighted by molar-refractivity contribution is 5.67. The van der Waals surface area contributed by atoms with Gasteiger partial charge in [0.2, 0.25) is 0 Å². The number of carbonyl (C=O) groups is 1. The smallest absolute Gasteiger partial charge is 0.303 e. The van der Waals surface area contributed by atoms with Crippen LogP contribution < -0.4 is 0 Å². The first-order valence-electron chi connectivity index (χ1n) is 3.89. The Bertz CT molecular complexity index is 340. The van der Waals surface area contributed by atoms with Gasteiger partial charge in [-0.2, -0.15) is 0 Å². The van der Waals surface area contributed by atoms with E-state index in [9.17, 15) is 13.6 Å². The Morgan fingerprint density at radius 1 is 1.36 bits per heavy atom. The van der Waals surface area contributed by atoms with E-state index in [2.05, 4.69) is 0 Å². The second-order valence-corrected chi connectivity index (χ2v) is 2.78. The normalized spacial score (nSPS) is 10.1. The SMILES string of the molecule is O=C(O)CCc1c(O)cc(F)cc1F. The number of carboxylic acids is 1. The van der Waals surface area contributed by atoms with E-state index < -0.39 is 23.4 Å². The molecule has 0 radical (unpaired) electrons. The van der Waals surface area contributed by atoms with Crippen molar-refractivity contribution < 1.29 is 23.8 Å². The van der Waals surface area contributed by atoms with Crippen LogP contribution in [0.2, 0.25) is 0 Å². The molecule has 14 heavy (non-hydrogen) atoms. The second-order valence-electron chi connectivity index (χ2n) is 2.78. The van der Waals surface area contributed by atoms with Gasteiger partial charge in [0.15, 0.2) is 0 Å². The van der Waals surface area contributed by atoms with Gasteiger partial charge >= 0.3 is 5.97 Å². The summed E-state index contributed by atoms with van der Waals surface area (Å²) in [5.74, 6) is -3.47. The summed E-state index contributed by atoms with van der Waals surface area (Å²) in [4.78, 5) is 10.2. The van der Waals surface area contributed by atoms with Gasteiger partial charge in [0.1, 0.15) is 17.4 Å². The van der Waals surface area contributed by atoms with Crippen molar-refractivity contribution in [2.24, 2.45) is 0 Å². The molecule has 0 aliphatic rings. The lowest BCUT2D eigenvalue weighted by atomic mass is 10.1. The Labute approximate surface area is 78.6 Å². The molecule has 1 aromatic rings. The van der Waals surface area contributed by atoms with E-state index in [1.54, 1.807) is 0 Å². The van der Waals surface area contributed by atoms with Crippen molar-refractivity contribution in [2.45, 2.75) is 12.8 Å². The first kappa shape index (κ1) is 10.4. The van der Waals surface area contributed by atoms with Crippen molar-refractivity contribution in [2.75, 3.05) is 0 Å². The van der Waals surface area contributed by atoms with E-state index in [4.69, 9.17) is 10.2 Å². The fraction of sp³-hybridized carbons (Fsp3) is 0.222. The third-order valence-electron chi connectivity index (χ3n) is 1.73. The van der Waals surface area contributed by atoms with Gasteiger partial charge in [-0.3, -0.25) is 4.79 Å². The fourth-order valence-corrected chi connectivity index (χ4v) is 1.07. The molecule has 0 atom stereocenters. The minimum absolute atomic E-state index is 0.159. The molecule has 0 heterocycles. The maximum atomic E-state index is 13.0. The highest BCUT2D eigenvalue weighted by Crippen LogP contribution is 2.23. The number of benzene rings is 1. The van der Waals surface area contributed by atoms with Crippen LogP contribution in [0, 0.1) is 11.6 Å². The third-order valence-corrected chi connectivity index (χ3v) is 1.73. The van der Waals surface area contributed by atoms with E-state index in [0.29, 0.717) is 6.07 Å². The average Bonchev–Trinajstić information content (AvgIpc) is 2.01. The van der Waals surface area contributed by atoms with Gasteiger partial charge in [-0.05, 0) is 6.42 Å². The molecule has 0 saturated carbocycles. The molecule has 5 heteroatoms. The molecular weight excluding hydrogens is 194 g/mol. The summed E-state index contributed by atoms with van der Waals surface area (Å²) in [6, 6.07) is 1.36. The Morgan fingerprint density at radius 2 is 2.00 bits per heavy atom. The lowest BCUT2D eigenvalue weighted by molar-refractivity contribution is -0.136. The minimum Gasteiger partial charge on any atom is -0.507 e. The number of aliphatic carboxylic acids is 1. The van der Waals surface area contributed by atoms with Crippen molar-refractivity contribution in [3.63, 3.8) is 0 Å². The number of phenols is 1. The molecule has 1 aromatic carbocycles. The summed E-state index contributed by atoms with van der Waals surface area (Å²) in [5, 5.41) is 17.4. The number of aromatic hydroxyl groups is 1. The minimum atomic E-state index is -1.10. The number of hydrogen-bond donors (Lipinski definition) is 2. The van der Waals surface area contributed by atoms with Crippen molar-refractivity contribution in [3.8, 4) is 5.75 Å². The molecule has 0 saturated heterocycles. The highest BCUT2D eigenvalue weighted by Gasteiger charge is 2.11. The molecule has 0 aliphatic carbocycles.